The summed E-state index contributed by atoms with van der Waals surface area (Å²) in [5, 5.41) is 8.51. The lowest BCUT2D eigenvalue weighted by Crippen LogP contribution is -2.19. The molecule has 0 unspecified atom stereocenters. The summed E-state index contributed by atoms with van der Waals surface area (Å²) < 4.78 is 25.2. The molecule has 0 spiro atoms. The van der Waals surface area contributed by atoms with Gasteiger partial charge in [-0.15, -0.1) is 0 Å². The zero-order valence-corrected chi connectivity index (χ0v) is 16.6. The smallest absolute Gasteiger partial charge is 0.225 e. The molecule has 2 aromatic heterocycles. The zero-order chi connectivity index (χ0) is 19.7. The van der Waals surface area contributed by atoms with Gasteiger partial charge >= 0.3 is 0 Å². The van der Waals surface area contributed by atoms with Crippen molar-refractivity contribution in [1.82, 2.24) is 14.8 Å². The number of nitrogens with zero attached hydrogens (tertiary/aromatic N) is 2. The van der Waals surface area contributed by atoms with Crippen LogP contribution in [0.1, 0.15) is 36.6 Å². The van der Waals surface area contributed by atoms with Gasteiger partial charge in [-0.2, -0.15) is 5.10 Å². The Kier molecular flexibility index (Phi) is 4.97. The van der Waals surface area contributed by atoms with Crippen LogP contribution in [0.5, 0.6) is 0 Å². The van der Waals surface area contributed by atoms with Crippen LogP contribution >= 0.6 is 0 Å². The molecule has 7 nitrogen and oxygen atoms in total. The number of hydrogen-bond donors (Lipinski definition) is 2. The molecule has 3 aromatic rings. The molecule has 28 heavy (non-hydrogen) atoms. The lowest BCUT2D eigenvalue weighted by molar-refractivity contribution is -0.116. The Bertz CT molecular complexity index is 1110. The van der Waals surface area contributed by atoms with Gasteiger partial charge in [0.15, 0.2) is 9.84 Å². The van der Waals surface area contributed by atoms with E-state index < -0.39 is 9.84 Å². The number of carbonyl (C=O) groups is 1. The van der Waals surface area contributed by atoms with Gasteiger partial charge in [-0.25, -0.2) is 13.1 Å². The topological polar surface area (TPSA) is 96.9 Å². The predicted octanol–water partition coefficient (Wildman–Crippen LogP) is 2.99. The number of benzene rings is 1. The van der Waals surface area contributed by atoms with E-state index in [0.717, 1.165) is 24.1 Å². The van der Waals surface area contributed by atoms with Gasteiger partial charge in [0.1, 0.15) is 5.82 Å². The number of aryl methyl sites for hydroxylation is 2. The van der Waals surface area contributed by atoms with Crippen LogP contribution in [0.25, 0.3) is 10.9 Å². The van der Waals surface area contributed by atoms with Crippen LogP contribution in [0.15, 0.2) is 36.5 Å². The van der Waals surface area contributed by atoms with E-state index >= 15 is 0 Å². The highest BCUT2D eigenvalue weighted by molar-refractivity contribution is 7.91. The lowest BCUT2D eigenvalue weighted by atomic mass is 10.1. The second-order valence-electron chi connectivity index (χ2n) is 7.43. The van der Waals surface area contributed by atoms with E-state index in [0.29, 0.717) is 18.7 Å². The van der Waals surface area contributed by atoms with Gasteiger partial charge in [-0.1, -0.05) is 18.2 Å². The number of aromatic nitrogens is 3. The van der Waals surface area contributed by atoms with Crippen molar-refractivity contribution in [3.8, 4) is 0 Å². The number of rotatable bonds is 6. The van der Waals surface area contributed by atoms with E-state index in [1.807, 2.05) is 31.3 Å². The molecule has 148 valence electrons. The maximum atomic E-state index is 12.4. The van der Waals surface area contributed by atoms with Crippen molar-refractivity contribution in [3.05, 3.63) is 47.8 Å². The second-order valence-corrected chi connectivity index (χ2v) is 9.66. The summed E-state index contributed by atoms with van der Waals surface area (Å²) in [5.41, 5.74) is 3.08. The molecule has 0 radical (unpaired) electrons. The minimum Gasteiger partial charge on any atom is -0.361 e. The Morgan fingerprint density at radius 3 is 2.96 bits per heavy atom. The Morgan fingerprint density at radius 2 is 2.18 bits per heavy atom. The Morgan fingerprint density at radius 1 is 1.36 bits per heavy atom. The molecule has 8 heteroatoms. The average molecular weight is 401 g/mol. The number of anilines is 1. The molecule has 0 saturated carbocycles. The normalized spacial score (nSPS) is 18.5. The van der Waals surface area contributed by atoms with Gasteiger partial charge in [0.05, 0.1) is 23.2 Å². The fourth-order valence-corrected chi connectivity index (χ4v) is 5.53. The number of fused-ring (bicyclic) bond motifs is 1. The van der Waals surface area contributed by atoms with Crippen molar-refractivity contribution in [2.45, 2.75) is 38.6 Å². The summed E-state index contributed by atoms with van der Waals surface area (Å²) in [6, 6.07) is 9.72. The molecule has 1 aliphatic rings. The van der Waals surface area contributed by atoms with Gasteiger partial charge < -0.3 is 10.3 Å². The summed E-state index contributed by atoms with van der Waals surface area (Å²) in [4.78, 5) is 15.7. The molecule has 3 heterocycles. The second kappa shape index (κ2) is 7.43. The van der Waals surface area contributed by atoms with Gasteiger partial charge in [0, 0.05) is 29.6 Å². The van der Waals surface area contributed by atoms with E-state index in [4.69, 9.17) is 0 Å². The highest BCUT2D eigenvalue weighted by atomic mass is 32.2. The summed E-state index contributed by atoms with van der Waals surface area (Å²) in [5.74, 6) is 0.755. The van der Waals surface area contributed by atoms with Gasteiger partial charge in [-0.05, 0) is 37.8 Å². The number of H-pyrrole nitrogens is 1. The van der Waals surface area contributed by atoms with Crippen LogP contribution < -0.4 is 5.32 Å². The van der Waals surface area contributed by atoms with Crippen molar-refractivity contribution < 1.29 is 13.2 Å². The minimum absolute atomic E-state index is 0.0809. The fraction of sp³-hybridized carbons (Fsp3) is 0.400. The number of carbonyl (C=O) groups excluding carboxylic acids is 1. The van der Waals surface area contributed by atoms with Crippen molar-refractivity contribution in [2.24, 2.45) is 0 Å². The summed E-state index contributed by atoms with van der Waals surface area (Å²) in [7, 11) is -3.01. The van der Waals surface area contributed by atoms with Crippen LogP contribution in [-0.2, 0) is 21.1 Å². The largest absolute Gasteiger partial charge is 0.361 e. The summed E-state index contributed by atoms with van der Waals surface area (Å²) in [6.45, 7) is 1.84. The summed E-state index contributed by atoms with van der Waals surface area (Å²) >= 11 is 0. The first-order chi connectivity index (χ1) is 13.4. The SMILES string of the molecule is Cc1cc(NC(=O)CCCc2c[nH]c3ccccc23)n([C@H]2CCS(=O)(=O)C2)n1. The molecule has 0 aliphatic carbocycles. The molecule has 1 fully saturated rings. The molecule has 1 amide bonds. The van der Waals surface area contributed by atoms with Gasteiger partial charge in [0.25, 0.3) is 0 Å². The van der Waals surface area contributed by atoms with Crippen LogP contribution in [0.3, 0.4) is 0 Å². The van der Waals surface area contributed by atoms with E-state index in [-0.39, 0.29) is 23.5 Å². The van der Waals surface area contributed by atoms with Crippen LogP contribution in [0.4, 0.5) is 5.82 Å². The fourth-order valence-electron chi connectivity index (χ4n) is 3.84. The minimum atomic E-state index is -3.01. The third-order valence-electron chi connectivity index (χ3n) is 5.20. The first-order valence-corrected chi connectivity index (χ1v) is 11.3. The Labute approximate surface area is 164 Å². The molecule has 1 saturated heterocycles. The standard InChI is InChI=1S/C20H24N4O3S/c1-14-11-19(24(23-14)16-9-10-28(26,27)13-16)22-20(25)8-4-5-15-12-21-18-7-3-2-6-17(15)18/h2-3,6-7,11-12,16,21H,4-5,8-10,13H2,1H3,(H,22,25)/t16-/m0/s1. The van der Waals surface area contributed by atoms with Crippen LogP contribution in [0.2, 0.25) is 0 Å². The first kappa shape index (κ1) is 18.7. The Hall–Kier alpha value is -2.61. The average Bonchev–Trinajstić information content (AvgIpc) is 3.32. The van der Waals surface area contributed by atoms with Crippen molar-refractivity contribution >= 4 is 32.5 Å². The van der Waals surface area contributed by atoms with E-state index in [1.165, 1.54) is 10.9 Å². The number of sulfone groups is 1. The molecule has 1 atom stereocenters. The number of aromatic amines is 1. The third-order valence-corrected chi connectivity index (χ3v) is 6.95. The van der Waals surface area contributed by atoms with Crippen molar-refractivity contribution in [1.29, 1.82) is 0 Å². The third kappa shape index (κ3) is 3.96. The zero-order valence-electron chi connectivity index (χ0n) is 15.8. The maximum absolute atomic E-state index is 12.4. The van der Waals surface area contributed by atoms with Gasteiger partial charge in [-0.3, -0.25) is 4.79 Å². The highest BCUT2D eigenvalue weighted by Gasteiger charge is 2.31. The van der Waals surface area contributed by atoms with E-state index in [1.54, 1.807) is 10.7 Å². The molecule has 1 aliphatic heterocycles. The first-order valence-electron chi connectivity index (χ1n) is 9.53. The monoisotopic (exact) mass is 400 g/mol. The maximum Gasteiger partial charge on any atom is 0.225 e. The van der Waals surface area contributed by atoms with Crippen LogP contribution in [0, 0.1) is 6.92 Å². The number of amides is 1. The number of hydrogen-bond acceptors (Lipinski definition) is 4. The molecule has 0 bridgehead atoms. The summed E-state index contributed by atoms with van der Waals surface area (Å²) in [6.07, 6.45) is 4.48. The molecular formula is C20H24N4O3S. The molecular weight excluding hydrogens is 376 g/mol. The quantitative estimate of drug-likeness (QED) is 0.665. The van der Waals surface area contributed by atoms with E-state index in [9.17, 15) is 13.2 Å². The molecule has 2 N–H and O–H groups in total. The number of para-hydroxylation sites is 1. The predicted molar refractivity (Wildman–Crippen MR) is 109 cm³/mol. The highest BCUT2D eigenvalue weighted by Crippen LogP contribution is 2.27. The van der Waals surface area contributed by atoms with Crippen LogP contribution in [-0.4, -0.2) is 40.6 Å². The molecule has 1 aromatic carbocycles. The van der Waals surface area contributed by atoms with Gasteiger partial charge in [0.2, 0.25) is 5.91 Å². The Balaban J connectivity index is 1.37. The van der Waals surface area contributed by atoms with Crippen molar-refractivity contribution in [3.63, 3.8) is 0 Å². The van der Waals surface area contributed by atoms with E-state index in [2.05, 4.69) is 21.5 Å². The molecule has 4 rings (SSSR count). The lowest BCUT2D eigenvalue weighted by Gasteiger charge is -2.13. The number of nitrogens with one attached hydrogen (secondary N) is 2. The van der Waals surface area contributed by atoms with Crippen molar-refractivity contribution in [2.75, 3.05) is 16.8 Å².